The van der Waals surface area contributed by atoms with Crippen molar-refractivity contribution in [2.45, 2.75) is 33.1 Å². The summed E-state index contributed by atoms with van der Waals surface area (Å²) in [6.45, 7) is 8.34. The molecule has 5 heteroatoms. The summed E-state index contributed by atoms with van der Waals surface area (Å²) in [6, 6.07) is 3.97. The van der Waals surface area contributed by atoms with Gasteiger partial charge in [0, 0.05) is 11.1 Å². The molecule has 0 unspecified atom stereocenters. The Labute approximate surface area is 105 Å². The minimum Gasteiger partial charge on any atom is -0.409 e. The molecule has 0 aliphatic rings. The third-order valence-corrected chi connectivity index (χ3v) is 2.70. The highest BCUT2D eigenvalue weighted by Gasteiger charge is 2.17. The smallest absolute Gasteiger partial charge is 0.284 e. The number of aryl methyl sites for hydroxylation is 1. The maximum absolute atomic E-state index is 5.28. The van der Waals surface area contributed by atoms with Crippen molar-refractivity contribution in [2.75, 3.05) is 0 Å². The first-order valence-corrected chi connectivity index (χ1v) is 5.83. The molecule has 0 aliphatic carbocycles. The van der Waals surface area contributed by atoms with Crippen LogP contribution in [-0.2, 0) is 5.41 Å². The van der Waals surface area contributed by atoms with Crippen LogP contribution in [0, 0.1) is 11.8 Å². The first kappa shape index (κ1) is 12.0. The average Bonchev–Trinajstić information content (AvgIpc) is 2.63. The standard InChI is InChI=1S/C12H15N3OS/c1-7-8(10-14-15-11(17)16-10)5-6-9(13-7)12(2,3)4/h5-6H,1-4H3,(H,15,17). The molecular formula is C12H15N3OS. The lowest BCUT2D eigenvalue weighted by molar-refractivity contribution is 0.548. The van der Waals surface area contributed by atoms with Gasteiger partial charge in [-0.25, -0.2) is 5.10 Å². The monoisotopic (exact) mass is 249 g/mol. The van der Waals surface area contributed by atoms with Gasteiger partial charge in [0.25, 0.3) is 4.84 Å². The first-order chi connectivity index (χ1) is 7.88. The molecule has 1 N–H and O–H groups in total. The van der Waals surface area contributed by atoms with Crippen LogP contribution in [0.3, 0.4) is 0 Å². The molecule has 0 saturated heterocycles. The second kappa shape index (κ2) is 4.07. The number of nitrogens with zero attached hydrogens (tertiary/aromatic N) is 2. The molecular weight excluding hydrogens is 234 g/mol. The van der Waals surface area contributed by atoms with Gasteiger partial charge in [-0.1, -0.05) is 20.8 Å². The summed E-state index contributed by atoms with van der Waals surface area (Å²) < 4.78 is 5.28. The molecule has 0 amide bonds. The van der Waals surface area contributed by atoms with E-state index in [4.69, 9.17) is 16.6 Å². The van der Waals surface area contributed by atoms with Crippen LogP contribution in [0.4, 0.5) is 0 Å². The zero-order valence-corrected chi connectivity index (χ0v) is 11.2. The van der Waals surface area contributed by atoms with Crippen LogP contribution in [0.2, 0.25) is 0 Å². The van der Waals surface area contributed by atoms with Gasteiger partial charge in [0.15, 0.2) is 0 Å². The number of H-pyrrole nitrogens is 1. The molecule has 0 aromatic carbocycles. The third kappa shape index (κ3) is 2.44. The van der Waals surface area contributed by atoms with Gasteiger partial charge >= 0.3 is 0 Å². The maximum atomic E-state index is 5.28. The van der Waals surface area contributed by atoms with Crippen LogP contribution in [0.5, 0.6) is 0 Å². The van der Waals surface area contributed by atoms with Crippen molar-refractivity contribution in [3.63, 3.8) is 0 Å². The highest BCUT2D eigenvalue weighted by molar-refractivity contribution is 7.71. The summed E-state index contributed by atoms with van der Waals surface area (Å²) >= 11 is 4.86. The molecule has 0 aliphatic heterocycles. The van der Waals surface area contributed by atoms with Crippen LogP contribution in [-0.4, -0.2) is 15.2 Å². The third-order valence-electron chi connectivity index (χ3n) is 2.52. The normalized spacial score (nSPS) is 11.8. The topological polar surface area (TPSA) is 54.7 Å². The summed E-state index contributed by atoms with van der Waals surface area (Å²) in [4.78, 5) is 4.86. The zero-order chi connectivity index (χ0) is 12.6. The summed E-state index contributed by atoms with van der Waals surface area (Å²) in [5.41, 5.74) is 2.84. The molecule has 2 aromatic rings. The Morgan fingerprint density at radius 3 is 2.47 bits per heavy atom. The largest absolute Gasteiger partial charge is 0.409 e. The lowest BCUT2D eigenvalue weighted by atomic mass is 9.91. The Hall–Kier alpha value is -1.49. The van der Waals surface area contributed by atoms with Gasteiger partial charge in [-0.3, -0.25) is 4.98 Å². The Morgan fingerprint density at radius 1 is 1.29 bits per heavy atom. The van der Waals surface area contributed by atoms with Crippen LogP contribution in [0.15, 0.2) is 16.5 Å². The molecule has 17 heavy (non-hydrogen) atoms. The molecule has 0 saturated carbocycles. The molecule has 0 atom stereocenters. The molecule has 0 spiro atoms. The van der Waals surface area contributed by atoms with E-state index in [1.54, 1.807) is 0 Å². The Kier molecular flexibility index (Phi) is 2.87. The van der Waals surface area contributed by atoms with Crippen molar-refractivity contribution < 1.29 is 4.42 Å². The van der Waals surface area contributed by atoms with Gasteiger partial charge in [-0.15, -0.1) is 5.10 Å². The summed E-state index contributed by atoms with van der Waals surface area (Å²) in [5.74, 6) is 0.487. The molecule has 90 valence electrons. The highest BCUT2D eigenvalue weighted by atomic mass is 32.1. The minimum atomic E-state index is 0.0369. The lowest BCUT2D eigenvalue weighted by Crippen LogP contribution is -2.14. The van der Waals surface area contributed by atoms with Crippen molar-refractivity contribution in [2.24, 2.45) is 0 Å². The van der Waals surface area contributed by atoms with Crippen LogP contribution in [0.25, 0.3) is 11.5 Å². The van der Waals surface area contributed by atoms with Gasteiger partial charge in [-0.2, -0.15) is 0 Å². The summed E-state index contributed by atoms with van der Waals surface area (Å²) in [7, 11) is 0. The van der Waals surface area contributed by atoms with Crippen molar-refractivity contribution >= 4 is 12.2 Å². The summed E-state index contributed by atoms with van der Waals surface area (Å²) in [6.07, 6.45) is 0. The predicted molar refractivity (Wildman–Crippen MR) is 68.4 cm³/mol. The Morgan fingerprint density at radius 2 is 2.00 bits per heavy atom. The molecule has 0 fully saturated rings. The second-order valence-electron chi connectivity index (χ2n) is 5.00. The van der Waals surface area contributed by atoms with Gasteiger partial charge in [0.1, 0.15) is 0 Å². The number of hydrogen-bond acceptors (Lipinski definition) is 4. The summed E-state index contributed by atoms with van der Waals surface area (Å²) in [5, 5.41) is 6.61. The fourth-order valence-corrected chi connectivity index (χ4v) is 1.67. The van der Waals surface area contributed by atoms with E-state index in [9.17, 15) is 0 Å². The van der Waals surface area contributed by atoms with Crippen molar-refractivity contribution in [3.8, 4) is 11.5 Å². The van der Waals surface area contributed by atoms with Crippen molar-refractivity contribution in [1.29, 1.82) is 0 Å². The molecule has 0 bridgehead atoms. The molecule has 2 rings (SSSR count). The van der Waals surface area contributed by atoms with E-state index < -0.39 is 0 Å². The lowest BCUT2D eigenvalue weighted by Gasteiger charge is -2.18. The fraction of sp³-hybridized carbons (Fsp3) is 0.417. The quantitative estimate of drug-likeness (QED) is 0.787. The van der Waals surface area contributed by atoms with Gasteiger partial charge in [0.2, 0.25) is 5.89 Å². The number of hydrogen-bond donors (Lipinski definition) is 1. The first-order valence-electron chi connectivity index (χ1n) is 5.42. The van der Waals surface area contributed by atoms with E-state index in [2.05, 4.69) is 36.0 Å². The molecule has 2 aromatic heterocycles. The van der Waals surface area contributed by atoms with Gasteiger partial charge in [0.05, 0.1) is 11.3 Å². The molecule has 4 nitrogen and oxygen atoms in total. The van der Waals surface area contributed by atoms with E-state index in [0.717, 1.165) is 17.0 Å². The Balaban J connectivity index is 2.49. The zero-order valence-electron chi connectivity index (χ0n) is 10.4. The van der Waals surface area contributed by atoms with Crippen molar-refractivity contribution in [3.05, 3.63) is 28.4 Å². The second-order valence-corrected chi connectivity index (χ2v) is 5.37. The molecule has 2 heterocycles. The maximum Gasteiger partial charge on any atom is 0.284 e. The number of aromatic amines is 1. The SMILES string of the molecule is Cc1nc(C(C)(C)C)ccc1-c1n[nH]c(=S)o1. The van der Waals surface area contributed by atoms with E-state index in [1.165, 1.54) is 0 Å². The van der Waals surface area contributed by atoms with E-state index in [0.29, 0.717) is 5.89 Å². The van der Waals surface area contributed by atoms with Crippen LogP contribution >= 0.6 is 12.2 Å². The minimum absolute atomic E-state index is 0.0369. The molecule has 0 radical (unpaired) electrons. The number of pyridine rings is 1. The Bertz CT molecular complexity index is 592. The fourth-order valence-electron chi connectivity index (χ4n) is 1.55. The van der Waals surface area contributed by atoms with E-state index >= 15 is 0 Å². The predicted octanol–water partition coefficient (Wildman–Crippen LogP) is 3.40. The van der Waals surface area contributed by atoms with Crippen molar-refractivity contribution in [1.82, 2.24) is 15.2 Å². The average molecular weight is 249 g/mol. The van der Waals surface area contributed by atoms with Gasteiger partial charge in [-0.05, 0) is 31.3 Å². The number of aromatic nitrogens is 3. The van der Waals surface area contributed by atoms with Crippen LogP contribution < -0.4 is 0 Å². The van der Waals surface area contributed by atoms with Gasteiger partial charge < -0.3 is 4.42 Å². The van der Waals surface area contributed by atoms with Crippen LogP contribution in [0.1, 0.15) is 32.2 Å². The van der Waals surface area contributed by atoms with E-state index in [1.807, 2.05) is 19.1 Å². The number of nitrogens with one attached hydrogen (secondary N) is 1. The van der Waals surface area contributed by atoms with E-state index in [-0.39, 0.29) is 10.3 Å². The number of rotatable bonds is 1. The highest BCUT2D eigenvalue weighted by Crippen LogP contribution is 2.25.